The summed E-state index contributed by atoms with van der Waals surface area (Å²) in [5, 5.41) is 17.3. The Balaban J connectivity index is 2.01. The number of ether oxygens (including phenoxy) is 1. The minimum atomic E-state index is -1.35. The Morgan fingerprint density at radius 1 is 1.14 bits per heavy atom. The maximum Gasteiger partial charge on any atom is 0.329 e. The number of hydrogen-bond acceptors (Lipinski definition) is 6. The first-order valence-electron chi connectivity index (χ1n) is 8.59. The van der Waals surface area contributed by atoms with Crippen LogP contribution in [-0.2, 0) is 9.59 Å². The van der Waals surface area contributed by atoms with Gasteiger partial charge in [-0.3, -0.25) is 9.59 Å². The zero-order valence-electron chi connectivity index (χ0n) is 15.5. The normalized spacial score (nSPS) is 11.6. The van der Waals surface area contributed by atoms with Crippen molar-refractivity contribution in [2.45, 2.75) is 19.9 Å². The summed E-state index contributed by atoms with van der Waals surface area (Å²) < 4.78 is 5.38. The number of aromatic carboxylic acids is 1. The number of amides is 2. The number of hydrogen-bond donors (Lipinski definition) is 2. The van der Waals surface area contributed by atoms with Gasteiger partial charge in [-0.05, 0) is 43.2 Å². The summed E-state index contributed by atoms with van der Waals surface area (Å²) in [6.45, 7) is 3.88. The van der Waals surface area contributed by atoms with Crippen LogP contribution in [0.4, 0.5) is 0 Å². The second-order valence-corrected chi connectivity index (χ2v) is 5.78. The molecular weight excluding hydrogens is 362 g/mol. The number of carbonyl (C=O) groups is 3. The van der Waals surface area contributed by atoms with E-state index in [1.54, 1.807) is 13.8 Å². The topological polar surface area (TPSA) is 120 Å². The van der Waals surface area contributed by atoms with Gasteiger partial charge in [0.1, 0.15) is 5.75 Å². The Morgan fingerprint density at radius 2 is 1.86 bits per heavy atom. The minimum Gasteiger partial charge on any atom is -0.545 e. The maximum absolute atomic E-state index is 12.0. The predicted molar refractivity (Wildman–Crippen MR) is 101 cm³/mol. The van der Waals surface area contributed by atoms with Crippen molar-refractivity contribution in [3.05, 3.63) is 65.2 Å². The van der Waals surface area contributed by atoms with Gasteiger partial charge in [-0.15, -0.1) is 0 Å². The molecule has 2 aromatic carbocycles. The zero-order chi connectivity index (χ0) is 20.5. The fourth-order valence-corrected chi connectivity index (χ4v) is 2.36. The highest BCUT2D eigenvalue weighted by Crippen LogP contribution is 2.18. The molecule has 8 nitrogen and oxygen atoms in total. The van der Waals surface area contributed by atoms with Crippen molar-refractivity contribution in [3.63, 3.8) is 0 Å². The van der Waals surface area contributed by atoms with E-state index in [9.17, 15) is 19.5 Å². The Bertz CT molecular complexity index is 881. The number of nitrogens with zero attached hydrogens (tertiary/aromatic N) is 1. The van der Waals surface area contributed by atoms with Crippen LogP contribution in [-0.4, -0.2) is 30.6 Å². The van der Waals surface area contributed by atoms with E-state index in [-0.39, 0.29) is 11.6 Å². The van der Waals surface area contributed by atoms with Gasteiger partial charge >= 0.3 is 11.8 Å². The minimum absolute atomic E-state index is 0.0642. The molecular formula is C20H20N3O5-. The van der Waals surface area contributed by atoms with Gasteiger partial charge in [0.05, 0.1) is 24.8 Å². The number of carboxylic acids is 1. The molecule has 1 atom stereocenters. The Labute approximate surface area is 162 Å². The number of nitrogens with one attached hydrogen (secondary N) is 2. The van der Waals surface area contributed by atoms with Gasteiger partial charge in [0.25, 0.3) is 0 Å². The maximum atomic E-state index is 12.0. The van der Waals surface area contributed by atoms with Crippen molar-refractivity contribution in [1.29, 1.82) is 0 Å². The van der Waals surface area contributed by atoms with Crippen LogP contribution < -0.4 is 20.6 Å². The van der Waals surface area contributed by atoms with Crippen LogP contribution in [0.5, 0.6) is 5.75 Å². The molecule has 2 amide bonds. The average molecular weight is 382 g/mol. The van der Waals surface area contributed by atoms with E-state index < -0.39 is 17.8 Å². The molecule has 8 heteroatoms. The van der Waals surface area contributed by atoms with Crippen LogP contribution in [0.25, 0.3) is 0 Å². The third-order valence-electron chi connectivity index (χ3n) is 3.77. The molecule has 0 aromatic heterocycles. The molecule has 0 saturated heterocycles. The monoisotopic (exact) mass is 382 g/mol. The van der Waals surface area contributed by atoms with Crippen LogP contribution in [0, 0.1) is 0 Å². The molecule has 0 heterocycles. The standard InChI is InChI=1S/C20H21N3O5/c1-3-28-17-10-9-15(20(26)27)11-16(17)12-21-23-19(25)18(24)22-13(2)14-7-5-4-6-8-14/h4-13H,3H2,1-2H3,(H,22,24)(H,23,25)(H,26,27)/p-1/b21-12-/t13-/m0/s1. The highest BCUT2D eigenvalue weighted by molar-refractivity contribution is 6.35. The smallest absolute Gasteiger partial charge is 0.329 e. The van der Waals surface area contributed by atoms with Crippen LogP contribution in [0.15, 0.2) is 53.6 Å². The van der Waals surface area contributed by atoms with Crippen molar-refractivity contribution in [1.82, 2.24) is 10.7 Å². The van der Waals surface area contributed by atoms with Crippen molar-refractivity contribution in [2.24, 2.45) is 5.10 Å². The highest BCUT2D eigenvalue weighted by atomic mass is 16.5. The lowest BCUT2D eigenvalue weighted by Crippen LogP contribution is -2.39. The zero-order valence-corrected chi connectivity index (χ0v) is 15.5. The lowest BCUT2D eigenvalue weighted by Gasteiger charge is -2.13. The first kappa shape index (κ1) is 20.6. The summed E-state index contributed by atoms with van der Waals surface area (Å²) in [4.78, 5) is 34.9. The molecule has 2 rings (SSSR count). The van der Waals surface area contributed by atoms with Crippen LogP contribution in [0.2, 0.25) is 0 Å². The molecule has 0 radical (unpaired) electrons. The average Bonchev–Trinajstić information content (AvgIpc) is 2.69. The van der Waals surface area contributed by atoms with Crippen molar-refractivity contribution in [2.75, 3.05) is 6.61 Å². The lowest BCUT2D eigenvalue weighted by atomic mass is 10.1. The third kappa shape index (κ3) is 5.66. The van der Waals surface area contributed by atoms with Crippen LogP contribution in [0.3, 0.4) is 0 Å². The first-order valence-corrected chi connectivity index (χ1v) is 8.59. The van der Waals surface area contributed by atoms with E-state index in [2.05, 4.69) is 15.8 Å². The molecule has 0 bridgehead atoms. The summed E-state index contributed by atoms with van der Waals surface area (Å²) in [7, 11) is 0. The van der Waals surface area contributed by atoms with Gasteiger partial charge in [0, 0.05) is 5.56 Å². The van der Waals surface area contributed by atoms with Crippen LogP contribution >= 0.6 is 0 Å². The van der Waals surface area contributed by atoms with Crippen LogP contribution in [0.1, 0.15) is 41.4 Å². The van der Waals surface area contributed by atoms with E-state index in [1.165, 1.54) is 24.4 Å². The van der Waals surface area contributed by atoms with E-state index >= 15 is 0 Å². The molecule has 146 valence electrons. The van der Waals surface area contributed by atoms with E-state index in [0.29, 0.717) is 17.9 Å². The number of hydrazone groups is 1. The van der Waals surface area contributed by atoms with Crippen molar-refractivity contribution < 1.29 is 24.2 Å². The second-order valence-electron chi connectivity index (χ2n) is 5.78. The molecule has 0 fully saturated rings. The predicted octanol–water partition coefficient (Wildman–Crippen LogP) is 0.776. The number of carboxylic acid groups (broad SMARTS) is 1. The molecule has 2 aromatic rings. The van der Waals surface area contributed by atoms with Gasteiger partial charge in [-0.25, -0.2) is 5.43 Å². The van der Waals surface area contributed by atoms with E-state index in [1.807, 2.05) is 30.3 Å². The molecule has 0 aliphatic carbocycles. The number of rotatable bonds is 7. The summed E-state index contributed by atoms with van der Waals surface area (Å²) in [6, 6.07) is 12.9. The SMILES string of the molecule is CCOc1ccc(C(=O)[O-])cc1/C=N\NC(=O)C(=O)N[C@@H](C)c1ccccc1. The van der Waals surface area contributed by atoms with Crippen molar-refractivity contribution in [3.8, 4) is 5.75 Å². The molecule has 0 spiro atoms. The van der Waals surface area contributed by atoms with Gasteiger partial charge in [-0.1, -0.05) is 30.3 Å². The van der Waals surface area contributed by atoms with E-state index in [0.717, 1.165) is 5.56 Å². The Morgan fingerprint density at radius 3 is 2.50 bits per heavy atom. The largest absolute Gasteiger partial charge is 0.545 e. The number of benzene rings is 2. The fraction of sp³-hybridized carbons (Fsp3) is 0.200. The molecule has 0 saturated carbocycles. The molecule has 0 unspecified atom stereocenters. The summed E-state index contributed by atoms with van der Waals surface area (Å²) >= 11 is 0. The second kappa shape index (κ2) is 9.86. The van der Waals surface area contributed by atoms with E-state index in [4.69, 9.17) is 4.74 Å². The van der Waals surface area contributed by atoms with Crippen molar-refractivity contribution >= 4 is 24.0 Å². The van der Waals surface area contributed by atoms with Gasteiger partial charge in [-0.2, -0.15) is 5.10 Å². The molecule has 0 aliphatic rings. The highest BCUT2D eigenvalue weighted by Gasteiger charge is 2.16. The quantitative estimate of drug-likeness (QED) is 0.416. The Kier molecular flexibility index (Phi) is 7.27. The molecule has 2 N–H and O–H groups in total. The molecule has 0 aliphatic heterocycles. The Hall–Kier alpha value is -3.68. The van der Waals surface area contributed by atoms with Gasteiger partial charge < -0.3 is 20.0 Å². The fourth-order valence-electron chi connectivity index (χ4n) is 2.36. The lowest BCUT2D eigenvalue weighted by molar-refractivity contribution is -0.255. The van der Waals surface area contributed by atoms with Gasteiger partial charge in [0.2, 0.25) is 0 Å². The molecule has 28 heavy (non-hydrogen) atoms. The number of carbonyl (C=O) groups excluding carboxylic acids is 3. The summed E-state index contributed by atoms with van der Waals surface area (Å²) in [5.74, 6) is -2.77. The summed E-state index contributed by atoms with van der Waals surface area (Å²) in [6.07, 6.45) is 1.20. The third-order valence-corrected chi connectivity index (χ3v) is 3.77. The first-order chi connectivity index (χ1) is 13.4. The van der Waals surface area contributed by atoms with Gasteiger partial charge in [0.15, 0.2) is 0 Å². The summed E-state index contributed by atoms with van der Waals surface area (Å²) in [5.41, 5.74) is 3.22.